The lowest BCUT2D eigenvalue weighted by Gasteiger charge is -2.18. The molecule has 4 N–H and O–H groups in total. The molecule has 2 aromatic heterocycles. The van der Waals surface area contributed by atoms with E-state index in [2.05, 4.69) is 25.6 Å². The van der Waals surface area contributed by atoms with Crippen LogP contribution in [0.5, 0.6) is 0 Å². The molecule has 5 rings (SSSR count). The minimum absolute atomic E-state index is 0.0745. The predicted molar refractivity (Wildman–Crippen MR) is 142 cm³/mol. The molecule has 1 saturated heterocycles. The molecule has 0 aliphatic carbocycles. The molecule has 2 aromatic carbocycles. The number of nitrogens with two attached hydrogens (primary N) is 1. The number of anilines is 3. The summed E-state index contributed by atoms with van der Waals surface area (Å²) in [5, 5.41) is 9.76. The average molecular weight is 504 g/mol. The molecule has 0 bridgehead atoms. The van der Waals surface area contributed by atoms with Crippen LogP contribution in [0.4, 0.5) is 26.4 Å². The molecule has 4 aromatic rings. The number of fused-ring (bicyclic) bond motifs is 1. The highest BCUT2D eigenvalue weighted by atomic mass is 19.1. The quantitative estimate of drug-likeness (QED) is 0.356. The van der Waals surface area contributed by atoms with Gasteiger partial charge in [-0.3, -0.25) is 4.90 Å². The fourth-order valence-corrected chi connectivity index (χ4v) is 4.59. The fourth-order valence-electron chi connectivity index (χ4n) is 4.59. The van der Waals surface area contributed by atoms with E-state index < -0.39 is 11.8 Å². The van der Waals surface area contributed by atoms with Gasteiger partial charge in [0.25, 0.3) is 0 Å². The van der Waals surface area contributed by atoms with Crippen molar-refractivity contribution < 1.29 is 13.9 Å². The Balaban J connectivity index is 1.39. The van der Waals surface area contributed by atoms with Crippen molar-refractivity contribution in [3.8, 4) is 11.1 Å². The molecule has 0 atom stereocenters. The summed E-state index contributed by atoms with van der Waals surface area (Å²) in [6, 6.07) is 13.7. The number of carbonyl (C=O) groups is 1. The number of nitrogens with one attached hydrogen (secondary N) is 2. The van der Waals surface area contributed by atoms with E-state index in [-0.39, 0.29) is 5.69 Å². The number of urea groups is 1. The predicted octanol–water partition coefficient (Wildman–Crippen LogP) is 4.55. The molecule has 192 valence electrons. The molecule has 37 heavy (non-hydrogen) atoms. The Kier molecular flexibility index (Phi) is 7.29. The average Bonchev–Trinajstić information content (AvgIpc) is 3.06. The lowest BCUT2D eigenvalue weighted by atomic mass is 10.1. The highest BCUT2D eigenvalue weighted by Gasteiger charge is 2.19. The van der Waals surface area contributed by atoms with Crippen LogP contribution in [-0.2, 0) is 17.7 Å². The second-order valence-corrected chi connectivity index (χ2v) is 9.02. The summed E-state index contributed by atoms with van der Waals surface area (Å²) in [6.45, 7) is 5.88. The van der Waals surface area contributed by atoms with E-state index in [9.17, 15) is 4.79 Å². The molecule has 1 aliphatic rings. The zero-order chi connectivity index (χ0) is 25.8. The number of hydrogen-bond donors (Lipinski definition) is 3. The maximum absolute atomic E-state index is 15.1. The van der Waals surface area contributed by atoms with Gasteiger partial charge < -0.3 is 21.1 Å². The number of amides is 2. The van der Waals surface area contributed by atoms with Crippen LogP contribution in [0.3, 0.4) is 0 Å². The van der Waals surface area contributed by atoms with E-state index in [1.165, 1.54) is 12.4 Å². The maximum atomic E-state index is 15.1. The zero-order valence-corrected chi connectivity index (χ0v) is 20.7. The minimum Gasteiger partial charge on any atom is -0.382 e. The van der Waals surface area contributed by atoms with Crippen LogP contribution >= 0.6 is 0 Å². The number of benzene rings is 2. The number of hydrogen-bond acceptors (Lipinski definition) is 6. The molecule has 3 heterocycles. The summed E-state index contributed by atoms with van der Waals surface area (Å²) in [5.41, 5.74) is 10.9. The van der Waals surface area contributed by atoms with Crippen LogP contribution in [0.1, 0.15) is 24.6 Å². The van der Waals surface area contributed by atoms with Crippen LogP contribution in [0.15, 0.2) is 54.9 Å². The molecule has 2 amide bonds. The second-order valence-electron chi connectivity index (χ2n) is 9.02. The van der Waals surface area contributed by atoms with E-state index in [1.54, 1.807) is 22.7 Å². The number of aromatic nitrogens is 3. The van der Waals surface area contributed by atoms with Gasteiger partial charge in [0.15, 0.2) is 5.82 Å². The van der Waals surface area contributed by atoms with Crippen LogP contribution < -0.4 is 16.4 Å². The number of nitrogens with zero attached hydrogens (tertiary/aromatic N) is 4. The Morgan fingerprint density at radius 1 is 1.14 bits per heavy atom. The van der Waals surface area contributed by atoms with Gasteiger partial charge in [-0.25, -0.2) is 18.7 Å². The van der Waals surface area contributed by atoms with Crippen LogP contribution in [0, 0.1) is 5.82 Å². The Morgan fingerprint density at radius 3 is 2.86 bits per heavy atom. The molecule has 0 radical (unpaired) electrons. The van der Waals surface area contributed by atoms with Gasteiger partial charge in [0.05, 0.1) is 18.0 Å². The third kappa shape index (κ3) is 5.55. The van der Waals surface area contributed by atoms with E-state index in [4.69, 9.17) is 10.5 Å². The Hall–Kier alpha value is -4.02. The third-order valence-corrected chi connectivity index (χ3v) is 6.48. The number of halogens is 1. The Labute approximate surface area is 214 Å². The summed E-state index contributed by atoms with van der Waals surface area (Å²) in [7, 11) is 0. The zero-order valence-electron chi connectivity index (χ0n) is 20.7. The van der Waals surface area contributed by atoms with Gasteiger partial charge in [0, 0.05) is 37.5 Å². The summed E-state index contributed by atoms with van der Waals surface area (Å²) in [4.78, 5) is 18.9. The van der Waals surface area contributed by atoms with Gasteiger partial charge in [-0.1, -0.05) is 25.1 Å². The molecule has 0 saturated carbocycles. The highest BCUT2D eigenvalue weighted by Crippen LogP contribution is 2.33. The number of nitrogen functional groups attached to an aromatic ring is 1. The number of aryl methyl sites for hydroxylation is 1. The van der Waals surface area contributed by atoms with Crippen molar-refractivity contribution in [2.45, 2.75) is 26.3 Å². The van der Waals surface area contributed by atoms with Crippen molar-refractivity contribution >= 4 is 28.7 Å². The Morgan fingerprint density at radius 2 is 2.03 bits per heavy atom. The number of rotatable bonds is 6. The lowest BCUT2D eigenvalue weighted by molar-refractivity contribution is 0.140. The standard InChI is InChI=1S/C27H30FN7O2/c1-2-18-5-3-6-20(13-18)32-27(36)33-24-8-7-19(14-23(24)28)22-15-21(16-34-9-4-11-37-12-10-34)35-25(22)26(29)30-17-31-35/h3,5-8,13-15,17H,2,4,9-12,16H2,1H3,(H2,29,30,31)(H2,32,33,36). The first-order valence-electron chi connectivity index (χ1n) is 12.4. The molecule has 1 fully saturated rings. The first-order chi connectivity index (χ1) is 18.0. The fraction of sp³-hybridized carbons (Fsp3) is 0.296. The van der Waals surface area contributed by atoms with Crippen molar-refractivity contribution in [2.75, 3.05) is 42.7 Å². The first kappa shape index (κ1) is 24.7. The normalized spacial score (nSPS) is 14.4. The number of ether oxygens (including phenoxy) is 1. The van der Waals surface area contributed by atoms with Gasteiger partial charge in [0.1, 0.15) is 17.7 Å². The minimum atomic E-state index is -0.559. The van der Waals surface area contributed by atoms with Gasteiger partial charge in [-0.2, -0.15) is 5.10 Å². The Bertz CT molecular complexity index is 1410. The van der Waals surface area contributed by atoms with Crippen LogP contribution in [0.2, 0.25) is 0 Å². The monoisotopic (exact) mass is 503 g/mol. The smallest absolute Gasteiger partial charge is 0.323 e. The van der Waals surface area contributed by atoms with Gasteiger partial charge >= 0.3 is 6.03 Å². The van der Waals surface area contributed by atoms with E-state index in [1.807, 2.05) is 31.2 Å². The summed E-state index contributed by atoms with van der Waals surface area (Å²) >= 11 is 0. The molecule has 10 heteroatoms. The van der Waals surface area contributed by atoms with Crippen molar-refractivity contribution in [1.29, 1.82) is 0 Å². The molecule has 0 spiro atoms. The van der Waals surface area contributed by atoms with Gasteiger partial charge in [0.2, 0.25) is 0 Å². The van der Waals surface area contributed by atoms with E-state index in [0.717, 1.165) is 49.4 Å². The molecule has 0 unspecified atom stereocenters. The van der Waals surface area contributed by atoms with Gasteiger partial charge in [-0.15, -0.1) is 0 Å². The molecule has 1 aliphatic heterocycles. The van der Waals surface area contributed by atoms with Crippen molar-refractivity contribution in [3.63, 3.8) is 0 Å². The highest BCUT2D eigenvalue weighted by molar-refractivity contribution is 6.00. The SMILES string of the molecule is CCc1cccc(NC(=O)Nc2ccc(-c3cc(CN4CCCOCC4)n4ncnc(N)c34)cc2F)c1. The molecule has 9 nitrogen and oxygen atoms in total. The van der Waals surface area contributed by atoms with Crippen LogP contribution in [-0.4, -0.2) is 51.8 Å². The van der Waals surface area contributed by atoms with Crippen molar-refractivity contribution in [1.82, 2.24) is 19.5 Å². The van der Waals surface area contributed by atoms with E-state index in [0.29, 0.717) is 35.7 Å². The first-order valence-corrected chi connectivity index (χ1v) is 12.4. The summed E-state index contributed by atoms with van der Waals surface area (Å²) in [5.74, 6) is -0.248. The number of carbonyl (C=O) groups excluding carboxylic acids is 1. The summed E-state index contributed by atoms with van der Waals surface area (Å²) < 4.78 is 22.5. The van der Waals surface area contributed by atoms with Crippen molar-refractivity contribution in [2.24, 2.45) is 0 Å². The van der Waals surface area contributed by atoms with Gasteiger partial charge in [-0.05, 0) is 54.3 Å². The summed E-state index contributed by atoms with van der Waals surface area (Å²) in [6.07, 6.45) is 3.24. The molecular formula is C27H30FN7O2. The largest absolute Gasteiger partial charge is 0.382 e. The molecular weight excluding hydrogens is 473 g/mol. The lowest BCUT2D eigenvalue weighted by Crippen LogP contribution is -2.26. The second kappa shape index (κ2) is 10.9. The van der Waals surface area contributed by atoms with E-state index >= 15 is 4.39 Å². The van der Waals surface area contributed by atoms with Crippen LogP contribution in [0.25, 0.3) is 16.6 Å². The third-order valence-electron chi connectivity index (χ3n) is 6.48. The van der Waals surface area contributed by atoms with Crippen molar-refractivity contribution in [3.05, 3.63) is 71.9 Å². The topological polar surface area (TPSA) is 110 Å². The maximum Gasteiger partial charge on any atom is 0.323 e.